The highest BCUT2D eigenvalue weighted by molar-refractivity contribution is 5.76. The molecule has 122 valence electrons. The minimum absolute atomic E-state index is 0.848. The third kappa shape index (κ3) is 2.76. The van der Waals surface area contributed by atoms with E-state index in [-0.39, 0.29) is 0 Å². The van der Waals surface area contributed by atoms with Gasteiger partial charge in [-0.2, -0.15) is 0 Å². The number of fused-ring (bicyclic) bond motifs is 1. The maximum atomic E-state index is 3.85. The van der Waals surface area contributed by atoms with Crippen molar-refractivity contribution in [1.82, 2.24) is 4.57 Å². The van der Waals surface area contributed by atoms with E-state index >= 15 is 0 Å². The Morgan fingerprint density at radius 1 is 0.880 bits per heavy atom. The molecule has 2 heteroatoms. The number of nitrogens with zero attached hydrogens (tertiary/aromatic N) is 2. The van der Waals surface area contributed by atoms with Gasteiger partial charge in [-0.3, -0.25) is 0 Å². The fourth-order valence-electron chi connectivity index (χ4n) is 3.43. The van der Waals surface area contributed by atoms with Gasteiger partial charge in [0.1, 0.15) is 6.54 Å². The van der Waals surface area contributed by atoms with Crippen LogP contribution in [0.5, 0.6) is 0 Å². The summed E-state index contributed by atoms with van der Waals surface area (Å²) in [7, 11) is 2.14. The van der Waals surface area contributed by atoms with Crippen LogP contribution in [0.25, 0.3) is 28.5 Å². The molecule has 2 nitrogen and oxygen atoms in total. The lowest BCUT2D eigenvalue weighted by Crippen LogP contribution is -2.30. The zero-order valence-electron chi connectivity index (χ0n) is 14.4. The second kappa shape index (κ2) is 6.40. The van der Waals surface area contributed by atoms with E-state index in [1.165, 1.54) is 28.0 Å². The van der Waals surface area contributed by atoms with Crippen molar-refractivity contribution in [3.05, 3.63) is 96.6 Å². The molecule has 0 amide bonds. The smallest absolute Gasteiger partial charge is 0.226 e. The first-order valence-electron chi connectivity index (χ1n) is 8.52. The molecule has 0 radical (unpaired) electrons. The minimum Gasteiger partial charge on any atom is -0.226 e. The summed E-state index contributed by atoms with van der Waals surface area (Å²) in [4.78, 5) is 0. The van der Waals surface area contributed by atoms with Gasteiger partial charge in [0.25, 0.3) is 5.82 Å². The summed E-state index contributed by atoms with van der Waals surface area (Å²) in [6, 6.07) is 27.8. The predicted molar refractivity (Wildman–Crippen MR) is 104 cm³/mol. The Morgan fingerprint density at radius 3 is 2.28 bits per heavy atom. The van der Waals surface area contributed by atoms with E-state index < -0.39 is 0 Å². The van der Waals surface area contributed by atoms with E-state index in [2.05, 4.69) is 102 Å². The molecule has 0 aliphatic carbocycles. The van der Waals surface area contributed by atoms with Crippen molar-refractivity contribution >= 4 is 17.1 Å². The van der Waals surface area contributed by atoms with Gasteiger partial charge in [0.05, 0.1) is 12.6 Å². The van der Waals surface area contributed by atoms with Crippen molar-refractivity contribution in [2.75, 3.05) is 0 Å². The van der Waals surface area contributed by atoms with Crippen LogP contribution >= 0.6 is 0 Å². The van der Waals surface area contributed by atoms with E-state index in [0.29, 0.717) is 0 Å². The summed E-state index contributed by atoms with van der Waals surface area (Å²) in [5, 5.41) is 0. The van der Waals surface area contributed by atoms with E-state index in [4.69, 9.17) is 0 Å². The number of hydrogen-bond acceptors (Lipinski definition) is 0. The maximum Gasteiger partial charge on any atom is 0.289 e. The van der Waals surface area contributed by atoms with E-state index in [9.17, 15) is 0 Å². The first-order chi connectivity index (χ1) is 12.3. The fourth-order valence-corrected chi connectivity index (χ4v) is 3.43. The lowest BCUT2D eigenvalue weighted by Gasteiger charge is -2.05. The zero-order valence-corrected chi connectivity index (χ0v) is 14.4. The highest BCUT2D eigenvalue weighted by Crippen LogP contribution is 2.24. The maximum absolute atomic E-state index is 3.85. The van der Waals surface area contributed by atoms with Crippen LogP contribution in [0, 0.1) is 0 Å². The Hall–Kier alpha value is -3.13. The Bertz CT molecular complexity index is 1030. The summed E-state index contributed by atoms with van der Waals surface area (Å²) >= 11 is 0. The molecule has 0 unspecified atom stereocenters. The van der Waals surface area contributed by atoms with Crippen LogP contribution in [0.2, 0.25) is 0 Å². The van der Waals surface area contributed by atoms with Crippen LogP contribution < -0.4 is 4.57 Å². The van der Waals surface area contributed by atoms with Crippen molar-refractivity contribution in [3.8, 4) is 11.4 Å². The Morgan fingerprint density at radius 2 is 1.56 bits per heavy atom. The summed E-state index contributed by atoms with van der Waals surface area (Å²) in [6.07, 6.45) is 1.88. The van der Waals surface area contributed by atoms with Crippen molar-refractivity contribution in [3.63, 3.8) is 0 Å². The van der Waals surface area contributed by atoms with Gasteiger partial charge in [-0.1, -0.05) is 67.3 Å². The average molecular weight is 325 g/mol. The third-order valence-corrected chi connectivity index (χ3v) is 4.70. The lowest BCUT2D eigenvalue weighted by molar-refractivity contribution is -0.634. The van der Waals surface area contributed by atoms with Crippen molar-refractivity contribution in [1.29, 1.82) is 0 Å². The minimum atomic E-state index is 0.848. The van der Waals surface area contributed by atoms with Gasteiger partial charge in [0.2, 0.25) is 0 Å². The molecule has 0 aliphatic rings. The number of hydrogen-bond donors (Lipinski definition) is 0. The van der Waals surface area contributed by atoms with Crippen molar-refractivity contribution in [2.24, 2.45) is 7.05 Å². The van der Waals surface area contributed by atoms with E-state index in [1.54, 1.807) is 0 Å². The SMILES string of the molecule is C=Cc1ccc(-c2n(Cc3ccccc3)c3ccccc3[n+]2C)cc1. The number of rotatable bonds is 4. The van der Waals surface area contributed by atoms with Crippen molar-refractivity contribution < 1.29 is 4.57 Å². The monoisotopic (exact) mass is 325 g/mol. The number of aromatic nitrogens is 2. The molecule has 4 aromatic rings. The van der Waals surface area contributed by atoms with Gasteiger partial charge in [0, 0.05) is 0 Å². The largest absolute Gasteiger partial charge is 0.289 e. The molecule has 0 spiro atoms. The molecule has 0 fully saturated rings. The number of imidazole rings is 1. The average Bonchev–Trinajstić information content (AvgIpc) is 2.95. The topological polar surface area (TPSA) is 8.81 Å². The molecule has 0 bridgehead atoms. The van der Waals surface area contributed by atoms with Crippen LogP contribution in [0.1, 0.15) is 11.1 Å². The van der Waals surface area contributed by atoms with E-state index in [1.807, 2.05) is 6.08 Å². The lowest BCUT2D eigenvalue weighted by atomic mass is 10.1. The normalized spacial score (nSPS) is 10.9. The molecule has 0 saturated heterocycles. The van der Waals surface area contributed by atoms with Crippen molar-refractivity contribution in [2.45, 2.75) is 6.54 Å². The molecule has 4 rings (SSSR count). The first kappa shape index (κ1) is 15.4. The summed E-state index contributed by atoms with van der Waals surface area (Å²) in [5.41, 5.74) is 6.13. The molecular formula is C23H21N2+. The summed E-state index contributed by atoms with van der Waals surface area (Å²) in [6.45, 7) is 4.70. The van der Waals surface area contributed by atoms with Gasteiger partial charge in [-0.05, 0) is 35.4 Å². The second-order valence-corrected chi connectivity index (χ2v) is 6.27. The van der Waals surface area contributed by atoms with Gasteiger partial charge in [-0.15, -0.1) is 0 Å². The van der Waals surface area contributed by atoms with Gasteiger partial charge in [0.15, 0.2) is 11.0 Å². The molecule has 0 saturated carbocycles. The molecular weight excluding hydrogens is 304 g/mol. The molecule has 0 N–H and O–H groups in total. The standard InChI is InChI=1S/C23H21N2/c1-3-18-13-15-20(16-14-18)23-24(2)21-11-7-8-12-22(21)25(23)17-19-9-5-4-6-10-19/h3-16H,1,17H2,2H3/q+1. The number of benzene rings is 3. The quantitative estimate of drug-likeness (QED) is 0.476. The molecule has 1 heterocycles. The van der Waals surface area contributed by atoms with Gasteiger partial charge < -0.3 is 0 Å². The van der Waals surface area contributed by atoms with Crippen LogP contribution in [-0.2, 0) is 13.6 Å². The highest BCUT2D eigenvalue weighted by Gasteiger charge is 2.23. The van der Waals surface area contributed by atoms with E-state index in [0.717, 1.165) is 12.1 Å². The fraction of sp³-hybridized carbons (Fsp3) is 0.0870. The third-order valence-electron chi connectivity index (χ3n) is 4.70. The zero-order chi connectivity index (χ0) is 17.2. The van der Waals surface area contributed by atoms with Gasteiger partial charge in [-0.25, -0.2) is 9.13 Å². The highest BCUT2D eigenvalue weighted by atomic mass is 15.2. The van der Waals surface area contributed by atoms with Crippen LogP contribution in [0.3, 0.4) is 0 Å². The first-order valence-corrected chi connectivity index (χ1v) is 8.52. The molecule has 0 atom stereocenters. The van der Waals surface area contributed by atoms with Crippen LogP contribution in [0.15, 0.2) is 85.4 Å². The number of para-hydroxylation sites is 2. The molecule has 1 aromatic heterocycles. The number of aryl methyl sites for hydroxylation is 1. The molecule has 3 aromatic carbocycles. The predicted octanol–water partition coefficient (Wildman–Crippen LogP) is 4.82. The van der Waals surface area contributed by atoms with Crippen LogP contribution in [0.4, 0.5) is 0 Å². The second-order valence-electron chi connectivity index (χ2n) is 6.27. The van der Waals surface area contributed by atoms with Gasteiger partial charge >= 0.3 is 0 Å². The Kier molecular flexibility index (Phi) is 3.95. The molecule has 0 aliphatic heterocycles. The van der Waals surface area contributed by atoms with Crippen LogP contribution in [-0.4, -0.2) is 4.57 Å². The Balaban J connectivity index is 1.93. The Labute approximate surface area is 148 Å². The summed E-state index contributed by atoms with van der Waals surface area (Å²) in [5.74, 6) is 1.21. The summed E-state index contributed by atoms with van der Waals surface area (Å²) < 4.78 is 4.68. The molecule has 25 heavy (non-hydrogen) atoms.